The molecule has 2 atom stereocenters. The van der Waals surface area contributed by atoms with Gasteiger partial charge >= 0.3 is 0 Å². The summed E-state index contributed by atoms with van der Waals surface area (Å²) in [4.78, 5) is 17.8. The second-order valence-electron chi connectivity index (χ2n) is 10.5. The summed E-state index contributed by atoms with van der Waals surface area (Å²) in [5.74, 6) is 1.89. The van der Waals surface area contributed by atoms with Crippen molar-refractivity contribution in [3.8, 4) is 5.88 Å². The summed E-state index contributed by atoms with van der Waals surface area (Å²) in [7, 11) is 0.245. The number of fused-ring (bicyclic) bond motifs is 1. The van der Waals surface area contributed by atoms with Crippen molar-refractivity contribution in [1.82, 2.24) is 19.4 Å². The van der Waals surface area contributed by atoms with Crippen molar-refractivity contribution < 1.29 is 8.95 Å². The molecule has 36 heavy (non-hydrogen) atoms. The summed E-state index contributed by atoms with van der Waals surface area (Å²) < 4.78 is 19.1. The van der Waals surface area contributed by atoms with E-state index in [1.807, 2.05) is 38.5 Å². The summed E-state index contributed by atoms with van der Waals surface area (Å²) in [6, 6.07) is 1.87. The molecule has 0 radical (unpaired) electrons. The molecule has 194 valence electrons. The van der Waals surface area contributed by atoms with Gasteiger partial charge in [-0.3, -0.25) is 9.54 Å². The molecule has 2 N–H and O–H groups in total. The number of aromatic nitrogens is 4. The van der Waals surface area contributed by atoms with E-state index in [1.54, 1.807) is 13.3 Å². The zero-order valence-corrected chi connectivity index (χ0v) is 23.3. The van der Waals surface area contributed by atoms with Crippen molar-refractivity contribution in [3.05, 3.63) is 35.9 Å². The van der Waals surface area contributed by atoms with Crippen molar-refractivity contribution in [2.24, 2.45) is 16.5 Å². The van der Waals surface area contributed by atoms with E-state index < -0.39 is 11.0 Å². The topological polar surface area (TPSA) is 98.6 Å². The Labute approximate surface area is 224 Å². The first-order valence-electron chi connectivity index (χ1n) is 12.3. The third-order valence-corrected chi connectivity index (χ3v) is 10.8. The molecular weight excluding hydrogens is 516 g/mol. The number of halogens is 1. The fraction of sp³-hybridized carbons (Fsp3) is 0.560. The highest BCUT2D eigenvalue weighted by Gasteiger charge is 2.47. The van der Waals surface area contributed by atoms with Crippen LogP contribution in [0.15, 0.2) is 40.6 Å². The van der Waals surface area contributed by atoms with Gasteiger partial charge in [-0.05, 0) is 63.4 Å². The maximum atomic E-state index is 12.1. The van der Waals surface area contributed by atoms with E-state index in [0.717, 1.165) is 53.7 Å². The Morgan fingerprint density at radius 2 is 2.00 bits per heavy atom. The number of pyridine rings is 1. The molecule has 8 nitrogen and oxygen atoms in total. The van der Waals surface area contributed by atoms with Gasteiger partial charge in [-0.1, -0.05) is 29.8 Å². The fourth-order valence-corrected chi connectivity index (χ4v) is 7.51. The number of rotatable bonds is 7. The van der Waals surface area contributed by atoms with Crippen molar-refractivity contribution in [2.75, 3.05) is 25.1 Å². The van der Waals surface area contributed by atoms with Gasteiger partial charge in [0.2, 0.25) is 11.8 Å². The lowest BCUT2D eigenvalue weighted by Crippen LogP contribution is -2.45. The quantitative estimate of drug-likeness (QED) is 0.437. The van der Waals surface area contributed by atoms with Crippen LogP contribution in [0.25, 0.3) is 5.65 Å². The van der Waals surface area contributed by atoms with Crippen LogP contribution in [0, 0.1) is 11.3 Å². The van der Waals surface area contributed by atoms with Gasteiger partial charge in [0.15, 0.2) is 5.65 Å². The average molecular weight is 549 g/mol. The normalized spacial score (nSPS) is 20.8. The second kappa shape index (κ2) is 10.1. The minimum Gasteiger partial charge on any atom is -0.480 e. The van der Waals surface area contributed by atoms with Gasteiger partial charge in [0.05, 0.1) is 27.7 Å². The minimum absolute atomic E-state index is 0.314. The van der Waals surface area contributed by atoms with Gasteiger partial charge < -0.3 is 9.64 Å². The summed E-state index contributed by atoms with van der Waals surface area (Å²) in [5, 5.41) is 6.30. The predicted octanol–water partition coefficient (Wildman–Crippen LogP) is 5.12. The molecule has 1 saturated heterocycles. The summed E-state index contributed by atoms with van der Waals surface area (Å²) in [6.45, 7) is 5.98. The highest BCUT2D eigenvalue weighted by molar-refractivity contribution is 7.99. The molecule has 2 fully saturated rings. The number of piperidine rings is 1. The molecule has 1 unspecified atom stereocenters. The number of anilines is 1. The lowest BCUT2D eigenvalue weighted by atomic mass is 9.68. The average Bonchev–Trinajstić information content (AvgIpc) is 3.49. The van der Waals surface area contributed by atoms with E-state index in [4.69, 9.17) is 26.5 Å². The standard InChI is InChI=1S/C25H33ClN6O2S2/c1-24(2,36(27)33)15-17-5-4-7-25(17)8-12-31(13-9-25)23-30-16-19(21-28-11-14-32(21)23)35-18-6-10-29-22(34-3)20(18)26/h6,10-11,14,16-17H,4-5,7-9,12-13,15,27H2,1-3H3/t17-,36?/m1/s1. The summed E-state index contributed by atoms with van der Waals surface area (Å²) >= 11 is 7.98. The van der Waals surface area contributed by atoms with Gasteiger partial charge in [-0.2, -0.15) is 0 Å². The van der Waals surface area contributed by atoms with Crippen LogP contribution in [-0.4, -0.2) is 48.5 Å². The first-order valence-corrected chi connectivity index (χ1v) is 14.7. The molecule has 3 aromatic heterocycles. The third kappa shape index (κ3) is 4.73. The Balaban J connectivity index is 1.34. The van der Waals surface area contributed by atoms with Crippen LogP contribution in [-0.2, 0) is 11.0 Å². The van der Waals surface area contributed by atoms with E-state index in [2.05, 4.69) is 19.3 Å². The number of imidazole rings is 1. The van der Waals surface area contributed by atoms with Crippen molar-refractivity contribution >= 4 is 45.9 Å². The van der Waals surface area contributed by atoms with Crippen LogP contribution in [0.1, 0.15) is 52.4 Å². The number of nitrogens with two attached hydrogens (primary N) is 1. The molecule has 4 heterocycles. The van der Waals surface area contributed by atoms with Crippen LogP contribution in [0.5, 0.6) is 5.88 Å². The SMILES string of the molecule is COc1nccc(Sc2cnc(N3CCC4(CCC[C@@H]4CC(C)(C)S(N)=O)CC3)n3ccnc23)c1Cl. The Hall–Kier alpha value is -1.88. The third-order valence-electron chi connectivity index (χ3n) is 8.03. The maximum Gasteiger partial charge on any atom is 0.233 e. The van der Waals surface area contributed by atoms with Crippen LogP contribution in [0.3, 0.4) is 0 Å². The zero-order valence-electron chi connectivity index (χ0n) is 20.9. The molecule has 1 saturated carbocycles. The summed E-state index contributed by atoms with van der Waals surface area (Å²) in [6.07, 6.45) is 14.2. The number of hydrogen-bond donors (Lipinski definition) is 1. The smallest absolute Gasteiger partial charge is 0.233 e. The molecule has 1 spiro atoms. The highest BCUT2D eigenvalue weighted by atomic mass is 35.5. The van der Waals surface area contributed by atoms with Crippen molar-refractivity contribution in [1.29, 1.82) is 0 Å². The molecule has 1 aliphatic carbocycles. The van der Waals surface area contributed by atoms with Crippen LogP contribution in [0.2, 0.25) is 5.02 Å². The van der Waals surface area contributed by atoms with E-state index in [-0.39, 0.29) is 4.75 Å². The lowest BCUT2D eigenvalue weighted by Gasteiger charge is -2.45. The number of methoxy groups -OCH3 is 1. The molecule has 0 aromatic carbocycles. The van der Waals surface area contributed by atoms with Gasteiger partial charge in [0.25, 0.3) is 0 Å². The molecule has 5 rings (SSSR count). The molecular formula is C25H33ClN6O2S2. The zero-order chi connectivity index (χ0) is 25.5. The Kier molecular flexibility index (Phi) is 7.24. The molecule has 0 bridgehead atoms. The van der Waals surface area contributed by atoms with Gasteiger partial charge in [-0.15, -0.1) is 0 Å². The fourth-order valence-electron chi connectivity index (χ4n) is 5.95. The Morgan fingerprint density at radius 3 is 2.72 bits per heavy atom. The van der Waals surface area contributed by atoms with Crippen molar-refractivity contribution in [3.63, 3.8) is 0 Å². The Morgan fingerprint density at radius 1 is 1.22 bits per heavy atom. The molecule has 11 heteroatoms. The molecule has 0 amide bonds. The minimum atomic E-state index is -1.31. The second-order valence-corrected chi connectivity index (χ2v) is 13.6. The lowest BCUT2D eigenvalue weighted by molar-refractivity contribution is 0.133. The van der Waals surface area contributed by atoms with E-state index >= 15 is 0 Å². The first-order chi connectivity index (χ1) is 17.2. The van der Waals surface area contributed by atoms with E-state index in [1.165, 1.54) is 31.0 Å². The van der Waals surface area contributed by atoms with Gasteiger partial charge in [0, 0.05) is 42.8 Å². The van der Waals surface area contributed by atoms with Crippen LogP contribution in [0.4, 0.5) is 5.95 Å². The predicted molar refractivity (Wildman–Crippen MR) is 145 cm³/mol. The number of hydrogen-bond acceptors (Lipinski definition) is 7. The van der Waals surface area contributed by atoms with Crippen LogP contribution < -0.4 is 14.8 Å². The molecule has 1 aliphatic heterocycles. The monoisotopic (exact) mass is 548 g/mol. The molecule has 3 aromatic rings. The summed E-state index contributed by atoms with van der Waals surface area (Å²) in [5.41, 5.74) is 1.16. The van der Waals surface area contributed by atoms with Gasteiger partial charge in [-0.25, -0.2) is 19.2 Å². The maximum absolute atomic E-state index is 12.1. The largest absolute Gasteiger partial charge is 0.480 e. The van der Waals surface area contributed by atoms with E-state index in [0.29, 0.717) is 22.2 Å². The number of nitrogens with zero attached hydrogens (tertiary/aromatic N) is 5. The van der Waals surface area contributed by atoms with Crippen molar-refractivity contribution in [2.45, 2.75) is 66.9 Å². The van der Waals surface area contributed by atoms with Crippen LogP contribution >= 0.6 is 23.4 Å². The Bertz CT molecular complexity index is 1270. The van der Waals surface area contributed by atoms with E-state index in [9.17, 15) is 4.21 Å². The van der Waals surface area contributed by atoms with Gasteiger partial charge in [0.1, 0.15) is 5.02 Å². The molecule has 2 aliphatic rings. The first kappa shape index (κ1) is 25.8. The highest BCUT2D eigenvalue weighted by Crippen LogP contribution is 2.53. The number of ether oxygens (including phenoxy) is 1.